The summed E-state index contributed by atoms with van der Waals surface area (Å²) in [5.74, 6) is -0.381. The Bertz CT molecular complexity index is 1620. The van der Waals surface area contributed by atoms with Gasteiger partial charge in [-0.15, -0.1) is 0 Å². The van der Waals surface area contributed by atoms with Crippen LogP contribution in [0.15, 0.2) is 35.1 Å². The maximum atomic E-state index is 13.4. The second-order valence-electron chi connectivity index (χ2n) is 13.6. The molecule has 0 radical (unpaired) electrons. The van der Waals surface area contributed by atoms with Crippen molar-refractivity contribution in [2.45, 2.75) is 78.0 Å². The highest BCUT2D eigenvalue weighted by Crippen LogP contribution is 2.36. The molecule has 0 atom stereocenters. The maximum Gasteiger partial charge on any atom is 0.410 e. The fourth-order valence-electron chi connectivity index (χ4n) is 6.95. The van der Waals surface area contributed by atoms with E-state index in [2.05, 4.69) is 42.0 Å². The number of carbonyl (C=O) groups is 2. The molecule has 5 rings (SSSR count). The largest absolute Gasteiger partial charge is 0.465 e. The fourth-order valence-corrected chi connectivity index (χ4v) is 6.95. The molecule has 3 aromatic rings. The summed E-state index contributed by atoms with van der Waals surface area (Å²) in [7, 11) is 5.37. The summed E-state index contributed by atoms with van der Waals surface area (Å²) in [5, 5.41) is 0. The number of hydrogen-bond acceptors (Lipinski definition) is 7. The molecule has 2 fully saturated rings. The summed E-state index contributed by atoms with van der Waals surface area (Å²) in [5.41, 5.74) is 5.47. The van der Waals surface area contributed by atoms with Crippen molar-refractivity contribution in [1.82, 2.24) is 18.9 Å². The van der Waals surface area contributed by atoms with Crippen LogP contribution >= 0.6 is 0 Å². The molecular formula is C35H49N5O5. The Morgan fingerprint density at radius 3 is 2.20 bits per heavy atom. The third-order valence-corrected chi connectivity index (χ3v) is 9.47. The number of benzene rings is 2. The number of methoxy groups -OCH3 is 1. The van der Waals surface area contributed by atoms with Crippen LogP contribution in [-0.4, -0.2) is 89.5 Å². The number of aromatic nitrogens is 2. The van der Waals surface area contributed by atoms with Gasteiger partial charge in [-0.25, -0.2) is 14.4 Å². The SMILES string of the molecule is CCN(c1cc(-c2ccc3c(c2)n(C)c(=O)n3C2CCN(C)CC2)cc(C(=O)OC)c1C)C1CCN(C(=O)OC(C)(C)C)CC1. The van der Waals surface area contributed by atoms with Gasteiger partial charge in [0.15, 0.2) is 0 Å². The summed E-state index contributed by atoms with van der Waals surface area (Å²) in [6, 6.07) is 10.6. The first-order valence-corrected chi connectivity index (χ1v) is 16.2. The molecule has 0 spiro atoms. The highest BCUT2D eigenvalue weighted by atomic mass is 16.6. The van der Waals surface area contributed by atoms with Gasteiger partial charge in [0.25, 0.3) is 0 Å². The van der Waals surface area contributed by atoms with Gasteiger partial charge < -0.3 is 24.2 Å². The quantitative estimate of drug-likeness (QED) is 0.332. The topological polar surface area (TPSA) is 89.3 Å². The van der Waals surface area contributed by atoms with Gasteiger partial charge in [-0.2, -0.15) is 0 Å². The van der Waals surface area contributed by atoms with Crippen LogP contribution in [0.3, 0.4) is 0 Å². The minimum Gasteiger partial charge on any atom is -0.465 e. The number of carbonyl (C=O) groups excluding carboxylic acids is 2. The second-order valence-corrected chi connectivity index (χ2v) is 13.6. The average molecular weight is 620 g/mol. The van der Waals surface area contributed by atoms with E-state index in [1.54, 1.807) is 9.47 Å². The van der Waals surface area contributed by atoms with Crippen LogP contribution < -0.4 is 10.6 Å². The molecule has 2 aliphatic rings. The second kappa shape index (κ2) is 12.9. The van der Waals surface area contributed by atoms with E-state index in [1.807, 2.05) is 51.4 Å². The van der Waals surface area contributed by atoms with E-state index in [-0.39, 0.29) is 29.8 Å². The van der Waals surface area contributed by atoms with Gasteiger partial charge in [0.05, 0.1) is 23.7 Å². The minimum absolute atomic E-state index is 0.00595. The summed E-state index contributed by atoms with van der Waals surface area (Å²) in [4.78, 5) is 45.6. The van der Waals surface area contributed by atoms with Gasteiger partial charge in [-0.1, -0.05) is 6.07 Å². The van der Waals surface area contributed by atoms with Crippen molar-refractivity contribution < 1.29 is 19.1 Å². The third-order valence-electron chi connectivity index (χ3n) is 9.47. The molecule has 10 nitrogen and oxygen atoms in total. The normalized spacial score (nSPS) is 17.1. The fraction of sp³-hybridized carbons (Fsp3) is 0.571. The predicted molar refractivity (Wildman–Crippen MR) is 178 cm³/mol. The smallest absolute Gasteiger partial charge is 0.410 e. The Balaban J connectivity index is 1.50. The van der Waals surface area contributed by atoms with Crippen LogP contribution in [0.5, 0.6) is 0 Å². The first kappa shape index (κ1) is 32.6. The number of nitrogens with zero attached hydrogens (tertiary/aromatic N) is 5. The van der Waals surface area contributed by atoms with Crippen molar-refractivity contribution in [1.29, 1.82) is 0 Å². The lowest BCUT2D eigenvalue weighted by molar-refractivity contribution is 0.0204. The van der Waals surface area contributed by atoms with Gasteiger partial charge in [-0.05, 0) is 121 Å². The number of aryl methyl sites for hydroxylation is 1. The molecule has 0 aliphatic carbocycles. The first-order valence-electron chi connectivity index (χ1n) is 16.2. The molecule has 45 heavy (non-hydrogen) atoms. The van der Waals surface area contributed by atoms with Crippen LogP contribution in [-0.2, 0) is 16.5 Å². The molecule has 1 aromatic heterocycles. The van der Waals surface area contributed by atoms with Gasteiger partial charge in [0, 0.05) is 44.5 Å². The number of ether oxygens (including phenoxy) is 2. The Morgan fingerprint density at radius 1 is 0.933 bits per heavy atom. The highest BCUT2D eigenvalue weighted by molar-refractivity contribution is 5.96. The molecule has 2 saturated heterocycles. The number of piperidine rings is 2. The van der Waals surface area contributed by atoms with Crippen molar-refractivity contribution in [3.05, 3.63) is 51.9 Å². The molecule has 0 N–H and O–H groups in total. The number of rotatable bonds is 6. The van der Waals surface area contributed by atoms with Crippen LogP contribution in [0.1, 0.15) is 75.3 Å². The molecular weight excluding hydrogens is 570 g/mol. The van der Waals surface area contributed by atoms with E-state index in [4.69, 9.17) is 9.47 Å². The lowest BCUT2D eigenvalue weighted by Crippen LogP contribution is -2.48. The molecule has 1 amide bonds. The predicted octanol–water partition coefficient (Wildman–Crippen LogP) is 5.59. The number of hydrogen-bond donors (Lipinski definition) is 0. The van der Waals surface area contributed by atoms with Crippen molar-refractivity contribution in [2.24, 2.45) is 7.05 Å². The molecule has 10 heteroatoms. The van der Waals surface area contributed by atoms with E-state index >= 15 is 0 Å². The molecule has 244 valence electrons. The van der Waals surface area contributed by atoms with Gasteiger partial charge in [0.2, 0.25) is 0 Å². The zero-order chi connectivity index (χ0) is 32.6. The molecule has 3 heterocycles. The van der Waals surface area contributed by atoms with Crippen molar-refractivity contribution in [3.63, 3.8) is 0 Å². The zero-order valence-electron chi connectivity index (χ0n) is 28.2. The van der Waals surface area contributed by atoms with E-state index < -0.39 is 5.60 Å². The number of anilines is 1. The van der Waals surface area contributed by atoms with E-state index in [0.717, 1.165) is 78.7 Å². The van der Waals surface area contributed by atoms with E-state index in [9.17, 15) is 14.4 Å². The first-order chi connectivity index (χ1) is 21.3. The number of amides is 1. The van der Waals surface area contributed by atoms with Crippen LogP contribution in [0.2, 0.25) is 0 Å². The molecule has 0 saturated carbocycles. The Kier molecular flexibility index (Phi) is 9.35. The third kappa shape index (κ3) is 6.61. The van der Waals surface area contributed by atoms with E-state index in [0.29, 0.717) is 18.7 Å². The van der Waals surface area contributed by atoms with Crippen molar-refractivity contribution in [2.75, 3.05) is 51.8 Å². The Morgan fingerprint density at radius 2 is 1.60 bits per heavy atom. The number of imidazole rings is 1. The summed E-state index contributed by atoms with van der Waals surface area (Å²) in [6.07, 6.45) is 3.21. The monoisotopic (exact) mass is 619 g/mol. The Hall–Kier alpha value is -3.79. The average Bonchev–Trinajstić information content (AvgIpc) is 3.26. The van der Waals surface area contributed by atoms with Crippen LogP contribution in [0, 0.1) is 6.92 Å². The van der Waals surface area contributed by atoms with Gasteiger partial charge >= 0.3 is 17.8 Å². The lowest BCUT2D eigenvalue weighted by Gasteiger charge is -2.40. The minimum atomic E-state index is -0.532. The molecule has 2 aromatic carbocycles. The number of esters is 1. The summed E-state index contributed by atoms with van der Waals surface area (Å²) in [6.45, 7) is 13.7. The van der Waals surface area contributed by atoms with Crippen molar-refractivity contribution >= 4 is 28.8 Å². The van der Waals surface area contributed by atoms with Crippen LogP contribution in [0.4, 0.5) is 10.5 Å². The molecule has 2 aliphatic heterocycles. The highest BCUT2D eigenvalue weighted by Gasteiger charge is 2.31. The Labute approximate surface area is 266 Å². The summed E-state index contributed by atoms with van der Waals surface area (Å²) >= 11 is 0. The number of fused-ring (bicyclic) bond motifs is 1. The lowest BCUT2D eigenvalue weighted by atomic mass is 9.95. The maximum absolute atomic E-state index is 13.4. The molecule has 0 bridgehead atoms. The van der Waals surface area contributed by atoms with Gasteiger partial charge in [-0.3, -0.25) is 9.13 Å². The molecule has 0 unspecified atom stereocenters. The summed E-state index contributed by atoms with van der Waals surface area (Å²) < 4.78 is 14.5. The number of likely N-dealkylation sites (tertiary alicyclic amines) is 2. The zero-order valence-corrected chi connectivity index (χ0v) is 28.2. The van der Waals surface area contributed by atoms with E-state index in [1.165, 1.54) is 7.11 Å². The standard InChI is InChI=1S/C35H49N5O5/c1-9-39(26-14-18-38(19-15-26)34(43)45-35(3,4)5)30-22-25(20-28(23(30)2)32(41)44-8)24-10-11-29-31(21-24)37(7)33(42)40(29)27-12-16-36(6)17-13-27/h10-11,20-22,26-27H,9,12-19H2,1-8H3. The van der Waals surface area contributed by atoms with Crippen LogP contribution in [0.25, 0.3) is 22.2 Å². The van der Waals surface area contributed by atoms with Gasteiger partial charge in [0.1, 0.15) is 5.60 Å². The van der Waals surface area contributed by atoms with Crippen molar-refractivity contribution in [3.8, 4) is 11.1 Å².